The van der Waals surface area contributed by atoms with Crippen LogP contribution in [0.15, 0.2) is 67.0 Å². The van der Waals surface area contributed by atoms with Gasteiger partial charge in [-0.3, -0.25) is 0 Å². The fourth-order valence-corrected chi connectivity index (χ4v) is 2.33. The molecule has 6 nitrogen and oxygen atoms in total. The average Bonchev–Trinajstić information content (AvgIpc) is 3.18. The van der Waals surface area contributed by atoms with E-state index in [-0.39, 0.29) is 11.8 Å². The molecule has 26 heavy (non-hydrogen) atoms. The number of hydrogen-bond acceptors (Lipinski definition) is 3. The van der Waals surface area contributed by atoms with E-state index in [0.29, 0.717) is 24.6 Å². The molecule has 3 aromatic rings. The standard InChI is InChI=1S/C19H19FN4O2/c1-23(13-14-26-16-9-7-15(20)8-10-16)19(25)22-17-5-2-3-6-18(17)24-12-4-11-21-24/h2-12H,13-14H2,1H3,(H,22,25). The highest BCUT2D eigenvalue weighted by Crippen LogP contribution is 2.19. The third-order valence-electron chi connectivity index (χ3n) is 3.75. The summed E-state index contributed by atoms with van der Waals surface area (Å²) in [7, 11) is 1.68. The number of carbonyl (C=O) groups is 1. The number of amides is 2. The molecule has 0 unspecified atom stereocenters. The van der Waals surface area contributed by atoms with Crippen molar-refractivity contribution >= 4 is 11.7 Å². The Morgan fingerprint density at radius 2 is 1.96 bits per heavy atom. The van der Waals surface area contributed by atoms with Gasteiger partial charge in [0.1, 0.15) is 18.2 Å². The number of urea groups is 1. The molecular weight excluding hydrogens is 335 g/mol. The van der Waals surface area contributed by atoms with Gasteiger partial charge in [-0.15, -0.1) is 0 Å². The monoisotopic (exact) mass is 354 g/mol. The van der Waals surface area contributed by atoms with Gasteiger partial charge >= 0.3 is 6.03 Å². The number of nitrogens with zero attached hydrogens (tertiary/aromatic N) is 3. The van der Waals surface area contributed by atoms with Crippen LogP contribution in [0.25, 0.3) is 5.69 Å². The lowest BCUT2D eigenvalue weighted by Gasteiger charge is -2.19. The van der Waals surface area contributed by atoms with Gasteiger partial charge in [-0.1, -0.05) is 12.1 Å². The van der Waals surface area contributed by atoms with Crippen LogP contribution in [0.5, 0.6) is 5.75 Å². The maximum Gasteiger partial charge on any atom is 0.321 e. The molecular formula is C19H19FN4O2. The van der Waals surface area contributed by atoms with Gasteiger partial charge in [0, 0.05) is 19.4 Å². The quantitative estimate of drug-likeness (QED) is 0.736. The number of ether oxygens (including phenoxy) is 1. The second-order valence-corrected chi connectivity index (χ2v) is 5.62. The van der Waals surface area contributed by atoms with Crippen LogP contribution < -0.4 is 10.1 Å². The average molecular weight is 354 g/mol. The van der Waals surface area contributed by atoms with Gasteiger partial charge in [-0.2, -0.15) is 5.10 Å². The van der Waals surface area contributed by atoms with Gasteiger partial charge in [0.2, 0.25) is 0 Å². The molecule has 0 atom stereocenters. The van der Waals surface area contributed by atoms with Gasteiger partial charge in [-0.25, -0.2) is 13.9 Å². The third-order valence-corrected chi connectivity index (χ3v) is 3.75. The first-order valence-corrected chi connectivity index (χ1v) is 8.13. The van der Waals surface area contributed by atoms with Crippen LogP contribution in [0.3, 0.4) is 0 Å². The molecule has 1 N–H and O–H groups in total. The number of likely N-dealkylation sites (N-methyl/N-ethyl adjacent to an activating group) is 1. The Labute approximate surface area is 150 Å². The molecule has 2 aromatic carbocycles. The number of halogens is 1. The van der Waals surface area contributed by atoms with Crippen molar-refractivity contribution in [3.8, 4) is 11.4 Å². The first kappa shape index (κ1) is 17.5. The summed E-state index contributed by atoms with van der Waals surface area (Å²) in [5.74, 6) is 0.244. The second-order valence-electron chi connectivity index (χ2n) is 5.62. The summed E-state index contributed by atoms with van der Waals surface area (Å²) in [6, 6.07) is 14.7. The summed E-state index contributed by atoms with van der Waals surface area (Å²) in [5.41, 5.74) is 1.44. The molecule has 0 saturated carbocycles. The Morgan fingerprint density at radius 1 is 1.19 bits per heavy atom. The van der Waals surface area contributed by atoms with Crippen molar-refractivity contribution in [3.05, 3.63) is 72.8 Å². The third kappa shape index (κ3) is 4.38. The van der Waals surface area contributed by atoms with Gasteiger partial charge < -0.3 is 15.0 Å². The molecule has 0 aliphatic rings. The van der Waals surface area contributed by atoms with E-state index in [4.69, 9.17) is 4.74 Å². The van der Waals surface area contributed by atoms with Crippen LogP contribution in [0, 0.1) is 5.82 Å². The Kier molecular flexibility index (Phi) is 5.48. The molecule has 1 aromatic heterocycles. The second kappa shape index (κ2) is 8.15. The van der Waals surface area contributed by atoms with Crippen molar-refractivity contribution in [2.24, 2.45) is 0 Å². The Bertz CT molecular complexity index is 850. The van der Waals surface area contributed by atoms with Crippen molar-refractivity contribution in [2.75, 3.05) is 25.5 Å². The maximum absolute atomic E-state index is 12.9. The molecule has 7 heteroatoms. The number of para-hydroxylation sites is 2. The van der Waals surface area contributed by atoms with Crippen LogP contribution in [0.4, 0.5) is 14.9 Å². The molecule has 0 aliphatic carbocycles. The SMILES string of the molecule is CN(CCOc1ccc(F)cc1)C(=O)Nc1ccccc1-n1cccn1. The van der Waals surface area contributed by atoms with Crippen LogP contribution in [-0.4, -0.2) is 40.9 Å². The summed E-state index contributed by atoms with van der Waals surface area (Å²) in [6.45, 7) is 0.684. The molecule has 0 saturated heterocycles. The van der Waals surface area contributed by atoms with Crippen molar-refractivity contribution in [1.29, 1.82) is 0 Å². The molecule has 0 aliphatic heterocycles. The first-order valence-electron chi connectivity index (χ1n) is 8.13. The molecule has 1 heterocycles. The Balaban J connectivity index is 1.55. The highest BCUT2D eigenvalue weighted by molar-refractivity contribution is 5.91. The number of nitrogens with one attached hydrogen (secondary N) is 1. The fourth-order valence-electron chi connectivity index (χ4n) is 2.33. The first-order chi connectivity index (χ1) is 12.6. The van der Waals surface area contributed by atoms with E-state index in [1.165, 1.54) is 17.0 Å². The van der Waals surface area contributed by atoms with Gasteiger partial charge in [0.25, 0.3) is 0 Å². The highest BCUT2D eigenvalue weighted by Gasteiger charge is 2.12. The molecule has 0 spiro atoms. The van der Waals surface area contributed by atoms with E-state index < -0.39 is 0 Å². The van der Waals surface area contributed by atoms with Crippen molar-refractivity contribution < 1.29 is 13.9 Å². The lowest BCUT2D eigenvalue weighted by molar-refractivity contribution is 0.207. The van der Waals surface area contributed by atoms with E-state index in [1.54, 1.807) is 30.1 Å². The molecule has 3 rings (SSSR count). The predicted molar refractivity (Wildman–Crippen MR) is 97.1 cm³/mol. The van der Waals surface area contributed by atoms with E-state index >= 15 is 0 Å². The smallest absolute Gasteiger partial charge is 0.321 e. The largest absolute Gasteiger partial charge is 0.492 e. The minimum Gasteiger partial charge on any atom is -0.492 e. The summed E-state index contributed by atoms with van der Waals surface area (Å²) < 4.78 is 20.1. The normalized spacial score (nSPS) is 10.4. The van der Waals surface area contributed by atoms with Gasteiger partial charge in [0.05, 0.1) is 17.9 Å². The number of rotatable bonds is 6. The summed E-state index contributed by atoms with van der Waals surface area (Å²) >= 11 is 0. The number of hydrogen-bond donors (Lipinski definition) is 1. The van der Waals surface area contributed by atoms with E-state index in [9.17, 15) is 9.18 Å². The lowest BCUT2D eigenvalue weighted by atomic mass is 10.2. The summed E-state index contributed by atoms with van der Waals surface area (Å²) in [5, 5.41) is 7.07. The van der Waals surface area contributed by atoms with Crippen LogP contribution in [0.1, 0.15) is 0 Å². The topological polar surface area (TPSA) is 59.4 Å². The molecule has 0 bridgehead atoms. The highest BCUT2D eigenvalue weighted by atomic mass is 19.1. The molecule has 0 radical (unpaired) electrons. The van der Waals surface area contributed by atoms with Crippen molar-refractivity contribution in [2.45, 2.75) is 0 Å². The fraction of sp³-hybridized carbons (Fsp3) is 0.158. The van der Waals surface area contributed by atoms with E-state index in [1.807, 2.05) is 36.5 Å². The molecule has 134 valence electrons. The zero-order valence-electron chi connectivity index (χ0n) is 14.3. The zero-order chi connectivity index (χ0) is 18.4. The predicted octanol–water partition coefficient (Wildman–Crippen LogP) is 3.55. The molecule has 2 amide bonds. The Morgan fingerprint density at radius 3 is 2.69 bits per heavy atom. The number of aromatic nitrogens is 2. The lowest BCUT2D eigenvalue weighted by Crippen LogP contribution is -2.34. The van der Waals surface area contributed by atoms with Crippen LogP contribution in [0.2, 0.25) is 0 Å². The van der Waals surface area contributed by atoms with Crippen molar-refractivity contribution in [3.63, 3.8) is 0 Å². The molecule has 0 fully saturated rings. The summed E-state index contributed by atoms with van der Waals surface area (Å²) in [4.78, 5) is 13.9. The van der Waals surface area contributed by atoms with Gasteiger partial charge in [-0.05, 0) is 42.5 Å². The summed E-state index contributed by atoms with van der Waals surface area (Å²) in [6.07, 6.45) is 3.49. The van der Waals surface area contributed by atoms with Crippen LogP contribution in [-0.2, 0) is 0 Å². The number of benzene rings is 2. The van der Waals surface area contributed by atoms with Crippen molar-refractivity contribution in [1.82, 2.24) is 14.7 Å². The van der Waals surface area contributed by atoms with E-state index in [2.05, 4.69) is 10.4 Å². The zero-order valence-corrected chi connectivity index (χ0v) is 14.3. The number of carbonyl (C=O) groups excluding carboxylic acids is 1. The van der Waals surface area contributed by atoms with E-state index in [0.717, 1.165) is 5.69 Å². The Hall–Kier alpha value is -3.35. The minimum absolute atomic E-state index is 0.257. The van der Waals surface area contributed by atoms with Gasteiger partial charge in [0.15, 0.2) is 0 Å². The minimum atomic E-state index is -0.315. The number of anilines is 1. The maximum atomic E-state index is 12.9. The van der Waals surface area contributed by atoms with Crippen LogP contribution >= 0.6 is 0 Å².